The van der Waals surface area contributed by atoms with E-state index in [-0.39, 0.29) is 11.1 Å². The second-order valence-corrected chi connectivity index (χ2v) is 7.03. The van der Waals surface area contributed by atoms with Crippen molar-refractivity contribution in [1.82, 2.24) is 0 Å². The molecule has 1 heterocycles. The molecule has 1 aromatic rings. The van der Waals surface area contributed by atoms with Gasteiger partial charge in [0.2, 0.25) is 0 Å². The van der Waals surface area contributed by atoms with Gasteiger partial charge in [-0.15, -0.1) is 11.8 Å². The molecule has 3 rings (SSSR count). The fourth-order valence-electron chi connectivity index (χ4n) is 1.97. The zero-order valence-electron chi connectivity index (χ0n) is 9.18. The number of halogens is 2. The molecule has 2 aliphatic rings. The van der Waals surface area contributed by atoms with Gasteiger partial charge >= 0.3 is 0 Å². The number of rotatable bonds is 1. The Labute approximate surface area is 126 Å². The first-order valence-electron chi connectivity index (χ1n) is 5.41. The summed E-state index contributed by atoms with van der Waals surface area (Å²) in [7, 11) is 0. The average Bonchev–Trinajstić information content (AvgIpc) is 2.77. The number of hydrogen-bond donors (Lipinski definition) is 1. The van der Waals surface area contributed by atoms with Crippen molar-refractivity contribution in [2.24, 2.45) is 4.99 Å². The zero-order valence-corrected chi connectivity index (χ0v) is 13.2. The van der Waals surface area contributed by atoms with Crippen molar-refractivity contribution >= 4 is 49.3 Å². The largest absolute Gasteiger partial charge is 0.506 e. The van der Waals surface area contributed by atoms with Crippen LogP contribution in [0.25, 0.3) is 0 Å². The maximum Gasteiger partial charge on any atom is 0.136 e. The third-order valence-corrected chi connectivity index (χ3v) is 5.19. The molecule has 0 fully saturated rings. The average molecular weight is 387 g/mol. The predicted molar refractivity (Wildman–Crippen MR) is 83.3 cm³/mol. The number of benzene rings is 1. The number of nitrogens with zero attached hydrogens (tertiary/aromatic N) is 1. The second kappa shape index (κ2) is 4.87. The highest BCUT2D eigenvalue weighted by Gasteiger charge is 2.29. The maximum atomic E-state index is 10.1. The lowest BCUT2D eigenvalue weighted by Crippen LogP contribution is -2.08. The summed E-state index contributed by atoms with van der Waals surface area (Å²) in [5, 5.41) is 10.4. The van der Waals surface area contributed by atoms with Crippen molar-refractivity contribution in [1.29, 1.82) is 0 Å². The van der Waals surface area contributed by atoms with Crippen LogP contribution in [0, 0.1) is 0 Å². The molecule has 0 saturated heterocycles. The molecule has 0 spiro atoms. The Hall–Kier alpha value is -0.520. The molecule has 2 unspecified atom stereocenters. The van der Waals surface area contributed by atoms with E-state index in [0.717, 1.165) is 15.7 Å². The molecule has 1 N–H and O–H groups in total. The van der Waals surface area contributed by atoms with E-state index in [1.165, 1.54) is 0 Å². The van der Waals surface area contributed by atoms with Gasteiger partial charge in [-0.25, -0.2) is 0 Å². The second-order valence-electron chi connectivity index (χ2n) is 4.03. The Kier molecular flexibility index (Phi) is 3.38. The first-order valence-corrected chi connectivity index (χ1v) is 7.94. The van der Waals surface area contributed by atoms with E-state index in [4.69, 9.17) is 0 Å². The number of allylic oxidation sites excluding steroid dienone is 3. The van der Waals surface area contributed by atoms with Crippen molar-refractivity contribution in [2.75, 3.05) is 0 Å². The van der Waals surface area contributed by atoms with Crippen molar-refractivity contribution in [3.8, 4) is 5.75 Å². The van der Waals surface area contributed by atoms with E-state index < -0.39 is 0 Å². The Balaban J connectivity index is 2.01. The van der Waals surface area contributed by atoms with E-state index in [1.54, 1.807) is 11.8 Å². The first kappa shape index (κ1) is 12.5. The molecule has 0 amide bonds. The van der Waals surface area contributed by atoms with Crippen molar-refractivity contribution in [3.05, 3.63) is 50.9 Å². The van der Waals surface area contributed by atoms with Gasteiger partial charge in [0.25, 0.3) is 0 Å². The monoisotopic (exact) mass is 385 g/mol. The van der Waals surface area contributed by atoms with Crippen LogP contribution in [0.15, 0.2) is 50.4 Å². The molecule has 0 saturated carbocycles. The number of fused-ring (bicyclic) bond motifs is 1. The van der Waals surface area contributed by atoms with Gasteiger partial charge in [-0.1, -0.05) is 34.2 Å². The molecule has 18 heavy (non-hydrogen) atoms. The van der Waals surface area contributed by atoms with Crippen molar-refractivity contribution < 1.29 is 5.11 Å². The fraction of sp³-hybridized carbons (Fsp3) is 0.154. The van der Waals surface area contributed by atoms with Gasteiger partial charge in [0.1, 0.15) is 11.1 Å². The lowest BCUT2D eigenvalue weighted by Gasteiger charge is -2.12. The van der Waals surface area contributed by atoms with Crippen LogP contribution in [0.1, 0.15) is 10.9 Å². The highest BCUT2D eigenvalue weighted by atomic mass is 79.9. The van der Waals surface area contributed by atoms with Crippen LogP contribution >= 0.6 is 43.6 Å². The minimum atomic E-state index is -0.0498. The van der Waals surface area contributed by atoms with E-state index in [2.05, 4.69) is 42.9 Å². The molecule has 0 radical (unpaired) electrons. The summed E-state index contributed by atoms with van der Waals surface area (Å²) in [6.45, 7) is 0. The Morgan fingerprint density at radius 3 is 2.83 bits per heavy atom. The third-order valence-electron chi connectivity index (χ3n) is 2.82. The molecular formula is C13H9Br2NOS. The normalized spacial score (nSPS) is 25.1. The molecule has 92 valence electrons. The van der Waals surface area contributed by atoms with Crippen LogP contribution < -0.4 is 0 Å². The number of thioether (sulfide) groups is 1. The van der Waals surface area contributed by atoms with E-state index in [0.29, 0.717) is 9.72 Å². The van der Waals surface area contributed by atoms with Crippen LogP contribution in [0.4, 0.5) is 0 Å². The minimum absolute atomic E-state index is 0.0498. The fourth-order valence-corrected chi connectivity index (χ4v) is 4.47. The van der Waals surface area contributed by atoms with E-state index >= 15 is 0 Å². The van der Waals surface area contributed by atoms with Crippen molar-refractivity contribution in [3.63, 3.8) is 0 Å². The smallest absolute Gasteiger partial charge is 0.136 e. The summed E-state index contributed by atoms with van der Waals surface area (Å²) >= 11 is 8.53. The first-order chi connectivity index (χ1) is 8.65. The Morgan fingerprint density at radius 1 is 1.22 bits per heavy atom. The predicted octanol–water partition coefficient (Wildman–Crippen LogP) is 4.60. The minimum Gasteiger partial charge on any atom is -0.506 e. The Bertz CT molecular complexity index is 595. The quantitative estimate of drug-likeness (QED) is 0.764. The molecule has 1 aromatic carbocycles. The van der Waals surface area contributed by atoms with Crippen LogP contribution in [-0.4, -0.2) is 16.1 Å². The third kappa shape index (κ3) is 2.19. The van der Waals surface area contributed by atoms with Gasteiger partial charge in [-0.2, -0.15) is 0 Å². The van der Waals surface area contributed by atoms with Crippen LogP contribution in [0.3, 0.4) is 0 Å². The lowest BCUT2D eigenvalue weighted by atomic mass is 10.1. The molecule has 1 aliphatic carbocycles. The summed E-state index contributed by atoms with van der Waals surface area (Å²) in [6.07, 6.45) is 8.19. The summed E-state index contributed by atoms with van der Waals surface area (Å²) in [6, 6.07) is 3.75. The van der Waals surface area contributed by atoms with Gasteiger partial charge in [0, 0.05) is 10.0 Å². The van der Waals surface area contributed by atoms with Gasteiger partial charge in [0.15, 0.2) is 0 Å². The van der Waals surface area contributed by atoms with Gasteiger partial charge in [0.05, 0.1) is 15.4 Å². The number of phenols is 1. The van der Waals surface area contributed by atoms with Crippen LogP contribution in [-0.2, 0) is 0 Å². The molecule has 2 nitrogen and oxygen atoms in total. The standard InChI is InChI=1S/C13H9Br2NOS/c14-7-5-8(12(17)9(15)6-7)13-16-10-3-1-2-4-11(10)18-13/h1-6,11,13,17H. The SMILES string of the molecule is Oc1c(Br)cc(Br)cc1C1N=C2C=CC=CC2S1. The maximum absolute atomic E-state index is 10.1. The van der Waals surface area contributed by atoms with Crippen LogP contribution in [0.2, 0.25) is 0 Å². The number of aliphatic imine (C=N–C) groups is 1. The van der Waals surface area contributed by atoms with Crippen molar-refractivity contribution in [2.45, 2.75) is 10.6 Å². The molecule has 0 aromatic heterocycles. The summed E-state index contributed by atoms with van der Waals surface area (Å²) in [5.41, 5.74) is 1.91. The highest BCUT2D eigenvalue weighted by Crippen LogP contribution is 2.47. The molecule has 1 aliphatic heterocycles. The zero-order chi connectivity index (χ0) is 12.7. The van der Waals surface area contributed by atoms with Gasteiger partial charge in [-0.05, 0) is 34.1 Å². The highest BCUT2D eigenvalue weighted by molar-refractivity contribution is 9.11. The number of aromatic hydroxyl groups is 1. The van der Waals surface area contributed by atoms with E-state index in [1.807, 2.05) is 30.4 Å². The summed E-state index contributed by atoms with van der Waals surface area (Å²) in [5.74, 6) is 0.270. The molecule has 5 heteroatoms. The summed E-state index contributed by atoms with van der Waals surface area (Å²) < 4.78 is 1.62. The van der Waals surface area contributed by atoms with Crippen LogP contribution in [0.5, 0.6) is 5.75 Å². The van der Waals surface area contributed by atoms with Gasteiger partial charge < -0.3 is 5.11 Å². The number of phenolic OH excluding ortho intramolecular Hbond substituents is 1. The molecular weight excluding hydrogens is 378 g/mol. The number of hydrogen-bond acceptors (Lipinski definition) is 3. The Morgan fingerprint density at radius 2 is 2.06 bits per heavy atom. The topological polar surface area (TPSA) is 32.6 Å². The summed E-state index contributed by atoms with van der Waals surface area (Å²) in [4.78, 5) is 4.66. The molecule has 2 atom stereocenters. The van der Waals surface area contributed by atoms with Gasteiger partial charge in [-0.3, -0.25) is 4.99 Å². The molecule has 0 bridgehead atoms. The van der Waals surface area contributed by atoms with E-state index in [9.17, 15) is 5.11 Å². The lowest BCUT2D eigenvalue weighted by molar-refractivity contribution is 0.464.